The van der Waals surface area contributed by atoms with Gasteiger partial charge in [-0.3, -0.25) is 14.5 Å². The van der Waals surface area contributed by atoms with Gasteiger partial charge in [-0.25, -0.2) is 0 Å². The first-order valence-corrected chi connectivity index (χ1v) is 10.1. The average Bonchev–Trinajstić information content (AvgIpc) is 3.02. The third-order valence-corrected chi connectivity index (χ3v) is 5.61. The molecule has 0 spiro atoms. The normalized spacial score (nSPS) is 14.1. The maximum absolute atomic E-state index is 13.1. The number of hydrogen-bond acceptors (Lipinski definition) is 3. The summed E-state index contributed by atoms with van der Waals surface area (Å²) in [5.74, 6) is -0.770. The van der Waals surface area contributed by atoms with Crippen LogP contribution in [0.15, 0.2) is 72.8 Å². The summed E-state index contributed by atoms with van der Waals surface area (Å²) in [6.07, 6.45) is 1.70. The molecule has 0 fully saturated rings. The number of para-hydroxylation sites is 1. The van der Waals surface area contributed by atoms with Crippen LogP contribution in [0.25, 0.3) is 11.6 Å². The molecule has 6 heteroatoms. The second kappa shape index (κ2) is 8.74. The van der Waals surface area contributed by atoms with Crippen LogP contribution in [-0.2, 0) is 20.9 Å². The van der Waals surface area contributed by atoms with Crippen molar-refractivity contribution < 1.29 is 14.3 Å². The lowest BCUT2D eigenvalue weighted by molar-refractivity contribution is -0.143. The first-order chi connectivity index (χ1) is 14.5. The monoisotopic (exact) mass is 437 g/mol. The number of nitrogens with zero attached hydrogens (tertiary/aromatic N) is 1. The van der Waals surface area contributed by atoms with E-state index in [1.165, 1.54) is 4.90 Å². The van der Waals surface area contributed by atoms with Crippen LogP contribution >= 0.6 is 23.2 Å². The van der Waals surface area contributed by atoms with Gasteiger partial charge in [0.05, 0.1) is 15.7 Å². The van der Waals surface area contributed by atoms with E-state index in [4.69, 9.17) is 27.9 Å². The molecule has 0 aromatic heterocycles. The molecule has 0 saturated carbocycles. The lowest BCUT2D eigenvalue weighted by Crippen LogP contribution is -2.33. The van der Waals surface area contributed by atoms with Gasteiger partial charge in [0.25, 0.3) is 5.91 Å². The number of halogens is 2. The molecule has 0 saturated heterocycles. The van der Waals surface area contributed by atoms with Crippen molar-refractivity contribution in [1.29, 1.82) is 0 Å². The standard InChI is InChI=1S/C24H17Cl2NO3/c25-20-11-6-9-17(23(20)26)13-19-18-10-4-5-12-21(18)27(24(19)29)14-22(28)30-15-16-7-2-1-3-8-16/h1-13H,14-15H2. The Kier molecular flexibility index (Phi) is 5.88. The highest BCUT2D eigenvalue weighted by Crippen LogP contribution is 2.39. The summed E-state index contributed by atoms with van der Waals surface area (Å²) >= 11 is 12.4. The molecular formula is C24H17Cl2NO3. The smallest absolute Gasteiger partial charge is 0.326 e. The van der Waals surface area contributed by atoms with Crippen molar-refractivity contribution in [3.8, 4) is 0 Å². The SMILES string of the molecule is O=C(CN1C(=O)C(=Cc2cccc(Cl)c2Cl)c2ccccc21)OCc1ccccc1. The molecule has 0 radical (unpaired) electrons. The number of amides is 1. The van der Waals surface area contributed by atoms with Crippen molar-refractivity contribution in [1.82, 2.24) is 0 Å². The van der Waals surface area contributed by atoms with Crippen molar-refractivity contribution >= 4 is 52.4 Å². The quantitative estimate of drug-likeness (QED) is 0.384. The summed E-state index contributed by atoms with van der Waals surface area (Å²) in [4.78, 5) is 27.0. The summed E-state index contributed by atoms with van der Waals surface area (Å²) in [6.45, 7) is -0.0204. The molecule has 30 heavy (non-hydrogen) atoms. The number of fused-ring (bicyclic) bond motifs is 1. The zero-order valence-corrected chi connectivity index (χ0v) is 17.4. The first-order valence-electron chi connectivity index (χ1n) is 9.31. The largest absolute Gasteiger partial charge is 0.459 e. The van der Waals surface area contributed by atoms with Gasteiger partial charge in [0.2, 0.25) is 0 Å². The second-order valence-corrected chi connectivity index (χ2v) is 7.54. The zero-order chi connectivity index (χ0) is 21.1. The van der Waals surface area contributed by atoms with E-state index in [0.717, 1.165) is 11.1 Å². The highest BCUT2D eigenvalue weighted by Gasteiger charge is 2.33. The molecule has 0 unspecified atom stereocenters. The average molecular weight is 438 g/mol. The summed E-state index contributed by atoms with van der Waals surface area (Å²) < 4.78 is 5.35. The lowest BCUT2D eigenvalue weighted by atomic mass is 10.0. The van der Waals surface area contributed by atoms with Gasteiger partial charge >= 0.3 is 5.97 Å². The molecule has 0 atom stereocenters. The van der Waals surface area contributed by atoms with Crippen LogP contribution in [0, 0.1) is 0 Å². The van der Waals surface area contributed by atoms with E-state index in [9.17, 15) is 9.59 Å². The Labute approximate surface area is 184 Å². The van der Waals surface area contributed by atoms with Crippen molar-refractivity contribution in [2.45, 2.75) is 6.61 Å². The van der Waals surface area contributed by atoms with Crippen molar-refractivity contribution in [2.75, 3.05) is 11.4 Å². The summed E-state index contributed by atoms with van der Waals surface area (Å²) in [5.41, 5.74) is 3.36. The van der Waals surface area contributed by atoms with Crippen LogP contribution < -0.4 is 4.90 Å². The topological polar surface area (TPSA) is 46.6 Å². The first kappa shape index (κ1) is 20.2. The number of benzene rings is 3. The Morgan fingerprint density at radius 1 is 0.933 bits per heavy atom. The van der Waals surface area contributed by atoms with E-state index in [1.807, 2.05) is 48.5 Å². The predicted octanol–water partition coefficient (Wildman–Crippen LogP) is 5.62. The van der Waals surface area contributed by atoms with E-state index < -0.39 is 5.97 Å². The lowest BCUT2D eigenvalue weighted by Gasteiger charge is -2.16. The van der Waals surface area contributed by atoms with Gasteiger partial charge < -0.3 is 4.74 Å². The minimum atomic E-state index is -0.482. The maximum Gasteiger partial charge on any atom is 0.326 e. The third-order valence-electron chi connectivity index (χ3n) is 4.77. The highest BCUT2D eigenvalue weighted by atomic mass is 35.5. The minimum absolute atomic E-state index is 0.157. The fourth-order valence-corrected chi connectivity index (χ4v) is 3.67. The molecule has 150 valence electrons. The van der Waals surface area contributed by atoms with E-state index in [2.05, 4.69) is 0 Å². The molecule has 0 aliphatic carbocycles. The Balaban J connectivity index is 1.58. The molecule has 1 amide bonds. The summed E-state index contributed by atoms with van der Waals surface area (Å²) in [5, 5.41) is 0.781. The highest BCUT2D eigenvalue weighted by molar-refractivity contribution is 6.43. The predicted molar refractivity (Wildman–Crippen MR) is 119 cm³/mol. The summed E-state index contributed by atoms with van der Waals surface area (Å²) in [7, 11) is 0. The molecule has 0 N–H and O–H groups in total. The Hall–Kier alpha value is -3.08. The number of rotatable bonds is 5. The number of ether oxygens (including phenoxy) is 1. The Morgan fingerprint density at radius 2 is 1.67 bits per heavy atom. The molecule has 0 bridgehead atoms. The van der Waals surface area contributed by atoms with Crippen LogP contribution in [0.3, 0.4) is 0 Å². The van der Waals surface area contributed by atoms with Crippen LogP contribution in [-0.4, -0.2) is 18.4 Å². The van der Waals surface area contributed by atoms with E-state index >= 15 is 0 Å². The molecule has 3 aromatic carbocycles. The summed E-state index contributed by atoms with van der Waals surface area (Å²) in [6, 6.07) is 21.9. The zero-order valence-electron chi connectivity index (χ0n) is 15.8. The number of hydrogen-bond donors (Lipinski definition) is 0. The van der Waals surface area contributed by atoms with E-state index in [0.29, 0.717) is 26.9 Å². The number of carbonyl (C=O) groups is 2. The third kappa shape index (κ3) is 4.11. The minimum Gasteiger partial charge on any atom is -0.459 e. The van der Waals surface area contributed by atoms with Gasteiger partial charge in [-0.15, -0.1) is 0 Å². The van der Waals surface area contributed by atoms with Crippen molar-refractivity contribution in [3.63, 3.8) is 0 Å². The van der Waals surface area contributed by atoms with Crippen LogP contribution in [0.4, 0.5) is 5.69 Å². The van der Waals surface area contributed by atoms with Gasteiger partial charge in [-0.05, 0) is 29.3 Å². The van der Waals surface area contributed by atoms with Gasteiger partial charge in [0, 0.05) is 11.1 Å². The van der Waals surface area contributed by atoms with Crippen molar-refractivity contribution in [2.24, 2.45) is 0 Å². The Morgan fingerprint density at radius 3 is 2.47 bits per heavy atom. The molecule has 1 aliphatic heterocycles. The van der Waals surface area contributed by atoms with Crippen LogP contribution in [0.5, 0.6) is 0 Å². The number of esters is 1. The van der Waals surface area contributed by atoms with Crippen molar-refractivity contribution in [3.05, 3.63) is 99.5 Å². The van der Waals surface area contributed by atoms with E-state index in [1.54, 1.807) is 30.3 Å². The molecule has 3 aromatic rings. The molecule has 1 aliphatic rings. The van der Waals surface area contributed by atoms with Gasteiger partial charge in [-0.1, -0.05) is 83.9 Å². The number of anilines is 1. The van der Waals surface area contributed by atoms with Gasteiger partial charge in [0.15, 0.2) is 0 Å². The van der Waals surface area contributed by atoms with E-state index in [-0.39, 0.29) is 19.1 Å². The molecule has 4 nitrogen and oxygen atoms in total. The molecule has 1 heterocycles. The molecular weight excluding hydrogens is 421 g/mol. The maximum atomic E-state index is 13.1. The second-order valence-electron chi connectivity index (χ2n) is 6.76. The van der Waals surface area contributed by atoms with Crippen LogP contribution in [0.1, 0.15) is 16.7 Å². The fourth-order valence-electron chi connectivity index (χ4n) is 3.30. The van der Waals surface area contributed by atoms with Gasteiger partial charge in [-0.2, -0.15) is 0 Å². The Bertz CT molecular complexity index is 1140. The number of carbonyl (C=O) groups excluding carboxylic acids is 2. The van der Waals surface area contributed by atoms with Gasteiger partial charge in [0.1, 0.15) is 13.2 Å². The molecule has 4 rings (SSSR count). The fraction of sp³-hybridized carbons (Fsp3) is 0.0833. The van der Waals surface area contributed by atoms with Crippen LogP contribution in [0.2, 0.25) is 10.0 Å².